The third-order valence-electron chi connectivity index (χ3n) is 2.43. The van der Waals surface area contributed by atoms with Crippen LogP contribution in [0.5, 0.6) is 0 Å². The lowest BCUT2D eigenvalue weighted by Crippen LogP contribution is -2.19. The van der Waals surface area contributed by atoms with Gasteiger partial charge in [0, 0.05) is 15.8 Å². The van der Waals surface area contributed by atoms with Crippen LogP contribution < -0.4 is 10.6 Å². The van der Waals surface area contributed by atoms with Gasteiger partial charge in [-0.3, -0.25) is 0 Å². The first kappa shape index (κ1) is 14.4. The highest BCUT2D eigenvalue weighted by atomic mass is 79.9. The van der Waals surface area contributed by atoms with Crippen molar-refractivity contribution in [3.8, 4) is 6.07 Å². The summed E-state index contributed by atoms with van der Waals surface area (Å²) in [7, 11) is 0. The molecule has 4 nitrogen and oxygen atoms in total. The second-order valence-corrected chi connectivity index (χ2v) is 5.16. The van der Waals surface area contributed by atoms with Gasteiger partial charge in [0.25, 0.3) is 0 Å². The van der Waals surface area contributed by atoms with E-state index in [1.807, 2.05) is 6.07 Å². The molecule has 100 valence electrons. The van der Waals surface area contributed by atoms with E-state index < -0.39 is 6.03 Å². The lowest BCUT2D eigenvalue weighted by atomic mass is 10.2. The number of nitrogens with one attached hydrogen (secondary N) is 2. The zero-order chi connectivity index (χ0) is 14.5. The molecule has 2 aromatic carbocycles. The second-order valence-electron chi connectivity index (χ2n) is 3.90. The molecule has 0 bridgehead atoms. The molecule has 0 unspecified atom stereocenters. The van der Waals surface area contributed by atoms with Crippen LogP contribution in [0.1, 0.15) is 5.56 Å². The highest BCUT2D eigenvalue weighted by molar-refractivity contribution is 9.10. The lowest BCUT2D eigenvalue weighted by molar-refractivity contribution is 0.262. The normalized spacial score (nSPS) is 9.65. The number of amides is 2. The van der Waals surface area contributed by atoms with Gasteiger partial charge < -0.3 is 10.6 Å². The largest absolute Gasteiger partial charge is 0.323 e. The standard InChI is InChI=1S/C14H9BrClN3O/c15-12-5-4-11(7-13(12)16)19-14(20)18-10-3-1-2-9(6-10)8-17/h1-7H,(H2,18,19,20). The molecule has 6 heteroatoms. The summed E-state index contributed by atoms with van der Waals surface area (Å²) in [6.07, 6.45) is 0. The Labute approximate surface area is 129 Å². The fraction of sp³-hybridized carbons (Fsp3) is 0. The maximum atomic E-state index is 11.8. The first-order valence-corrected chi connectivity index (χ1v) is 6.79. The fourth-order valence-corrected chi connectivity index (χ4v) is 1.96. The Morgan fingerprint density at radius 3 is 2.50 bits per heavy atom. The summed E-state index contributed by atoms with van der Waals surface area (Å²) >= 11 is 9.22. The minimum Gasteiger partial charge on any atom is -0.308 e. The van der Waals surface area contributed by atoms with Crippen LogP contribution in [0.15, 0.2) is 46.9 Å². The molecule has 0 saturated carbocycles. The van der Waals surface area contributed by atoms with Crippen LogP contribution in [0.3, 0.4) is 0 Å². The quantitative estimate of drug-likeness (QED) is 0.830. The van der Waals surface area contributed by atoms with E-state index >= 15 is 0 Å². The summed E-state index contributed by atoms with van der Waals surface area (Å²) in [5, 5.41) is 14.6. The van der Waals surface area contributed by atoms with Crippen molar-refractivity contribution < 1.29 is 4.79 Å². The van der Waals surface area contributed by atoms with Gasteiger partial charge in [-0.05, 0) is 52.3 Å². The molecule has 0 saturated heterocycles. The minimum absolute atomic E-state index is 0.404. The van der Waals surface area contributed by atoms with Crippen molar-refractivity contribution in [2.45, 2.75) is 0 Å². The molecule has 0 aliphatic rings. The van der Waals surface area contributed by atoms with Crippen LogP contribution in [0.25, 0.3) is 0 Å². The molecule has 20 heavy (non-hydrogen) atoms. The number of hydrogen-bond donors (Lipinski definition) is 2. The number of benzene rings is 2. The molecule has 0 aromatic heterocycles. The van der Waals surface area contributed by atoms with Crippen LogP contribution in [-0.2, 0) is 0 Å². The zero-order valence-corrected chi connectivity index (χ0v) is 12.5. The van der Waals surface area contributed by atoms with E-state index in [0.29, 0.717) is 22.0 Å². The Kier molecular flexibility index (Phi) is 4.61. The number of carbonyl (C=O) groups excluding carboxylic acids is 1. The van der Waals surface area contributed by atoms with Gasteiger partial charge in [0.15, 0.2) is 0 Å². The second kappa shape index (κ2) is 6.42. The third kappa shape index (κ3) is 3.73. The predicted molar refractivity (Wildman–Crippen MR) is 83.0 cm³/mol. The highest BCUT2D eigenvalue weighted by Crippen LogP contribution is 2.25. The van der Waals surface area contributed by atoms with Gasteiger partial charge in [0.1, 0.15) is 0 Å². The first-order valence-electron chi connectivity index (χ1n) is 5.62. The number of urea groups is 1. The molecule has 0 atom stereocenters. The number of nitrogens with zero attached hydrogens (tertiary/aromatic N) is 1. The van der Waals surface area contributed by atoms with E-state index in [9.17, 15) is 4.79 Å². The van der Waals surface area contributed by atoms with Gasteiger partial charge in [-0.1, -0.05) is 17.7 Å². The summed E-state index contributed by atoms with van der Waals surface area (Å²) in [4.78, 5) is 11.8. The van der Waals surface area contributed by atoms with E-state index in [2.05, 4.69) is 26.6 Å². The van der Waals surface area contributed by atoms with Crippen LogP contribution in [-0.4, -0.2) is 6.03 Å². The van der Waals surface area contributed by atoms with E-state index in [-0.39, 0.29) is 0 Å². The molecule has 0 fully saturated rings. The summed E-state index contributed by atoms with van der Waals surface area (Å²) < 4.78 is 0.756. The zero-order valence-electron chi connectivity index (χ0n) is 10.2. The van der Waals surface area contributed by atoms with Crippen molar-refractivity contribution in [3.05, 3.63) is 57.5 Å². The number of halogens is 2. The minimum atomic E-state index is -0.404. The number of anilines is 2. The summed E-state index contributed by atoms with van der Waals surface area (Å²) in [5.74, 6) is 0. The molecule has 0 aliphatic heterocycles. The Balaban J connectivity index is 2.05. The average molecular weight is 351 g/mol. The van der Waals surface area contributed by atoms with Crippen LogP contribution in [0.2, 0.25) is 5.02 Å². The molecule has 2 N–H and O–H groups in total. The van der Waals surface area contributed by atoms with Gasteiger partial charge in [0.05, 0.1) is 16.7 Å². The number of carbonyl (C=O) groups is 1. The van der Waals surface area contributed by atoms with Gasteiger partial charge in [-0.15, -0.1) is 0 Å². The number of nitriles is 1. The Hall–Kier alpha value is -2.03. The monoisotopic (exact) mass is 349 g/mol. The molecule has 0 heterocycles. The molecule has 0 spiro atoms. The van der Waals surface area contributed by atoms with Crippen molar-refractivity contribution >= 4 is 44.9 Å². The van der Waals surface area contributed by atoms with Crippen LogP contribution in [0.4, 0.5) is 16.2 Å². The van der Waals surface area contributed by atoms with E-state index in [1.165, 1.54) is 0 Å². The first-order chi connectivity index (χ1) is 9.58. The topological polar surface area (TPSA) is 64.9 Å². The Morgan fingerprint density at radius 1 is 1.15 bits per heavy atom. The third-order valence-corrected chi connectivity index (χ3v) is 3.66. The molecule has 2 amide bonds. The van der Waals surface area contributed by atoms with Crippen molar-refractivity contribution in [1.29, 1.82) is 5.26 Å². The molecule has 2 aromatic rings. The molecule has 0 radical (unpaired) electrons. The van der Waals surface area contributed by atoms with Gasteiger partial charge in [0.2, 0.25) is 0 Å². The summed E-state index contributed by atoms with van der Waals surface area (Å²) in [6.45, 7) is 0. The van der Waals surface area contributed by atoms with Crippen molar-refractivity contribution in [3.63, 3.8) is 0 Å². The summed E-state index contributed by atoms with van der Waals surface area (Å²) in [6, 6.07) is 13.4. The van der Waals surface area contributed by atoms with Crippen molar-refractivity contribution in [1.82, 2.24) is 0 Å². The average Bonchev–Trinajstić information content (AvgIpc) is 2.43. The molecular formula is C14H9BrClN3O. The van der Waals surface area contributed by atoms with Crippen molar-refractivity contribution in [2.24, 2.45) is 0 Å². The van der Waals surface area contributed by atoms with E-state index in [1.54, 1.807) is 42.5 Å². The highest BCUT2D eigenvalue weighted by Gasteiger charge is 2.05. The smallest absolute Gasteiger partial charge is 0.308 e. The molecule has 2 rings (SSSR count). The van der Waals surface area contributed by atoms with Gasteiger partial charge >= 0.3 is 6.03 Å². The molecule has 0 aliphatic carbocycles. The predicted octanol–water partition coefficient (Wildman–Crippen LogP) is 4.62. The van der Waals surface area contributed by atoms with E-state index in [4.69, 9.17) is 16.9 Å². The van der Waals surface area contributed by atoms with E-state index in [0.717, 1.165) is 4.47 Å². The van der Waals surface area contributed by atoms with Crippen LogP contribution >= 0.6 is 27.5 Å². The fourth-order valence-electron chi connectivity index (χ4n) is 1.53. The van der Waals surface area contributed by atoms with Crippen molar-refractivity contribution in [2.75, 3.05) is 10.6 Å². The maximum Gasteiger partial charge on any atom is 0.323 e. The van der Waals surface area contributed by atoms with Crippen LogP contribution in [0, 0.1) is 11.3 Å². The maximum absolute atomic E-state index is 11.8. The Morgan fingerprint density at radius 2 is 1.85 bits per heavy atom. The number of rotatable bonds is 2. The van der Waals surface area contributed by atoms with Gasteiger partial charge in [-0.25, -0.2) is 4.79 Å². The SMILES string of the molecule is N#Cc1cccc(NC(=O)Nc2ccc(Br)c(Cl)c2)c1. The van der Waals surface area contributed by atoms with Gasteiger partial charge in [-0.2, -0.15) is 5.26 Å². The summed E-state index contributed by atoms with van der Waals surface area (Å²) in [5.41, 5.74) is 1.60. The lowest BCUT2D eigenvalue weighted by Gasteiger charge is -2.08. The Bertz CT molecular complexity index is 697. The molecular weight excluding hydrogens is 342 g/mol. The number of hydrogen-bond acceptors (Lipinski definition) is 2.